The summed E-state index contributed by atoms with van der Waals surface area (Å²) in [7, 11) is 3.03. The van der Waals surface area contributed by atoms with E-state index in [1.54, 1.807) is 19.2 Å². The van der Waals surface area contributed by atoms with E-state index < -0.39 is 0 Å². The van der Waals surface area contributed by atoms with Crippen molar-refractivity contribution in [1.82, 2.24) is 9.13 Å². The van der Waals surface area contributed by atoms with Crippen molar-refractivity contribution in [1.29, 1.82) is 0 Å². The second kappa shape index (κ2) is 5.62. The number of nitrogens with one attached hydrogen (secondary N) is 1. The van der Waals surface area contributed by atoms with Crippen LogP contribution in [0.2, 0.25) is 0 Å². The first kappa shape index (κ1) is 14.5. The number of hydrogen-bond acceptors (Lipinski definition) is 3. The van der Waals surface area contributed by atoms with Crippen LogP contribution in [0, 0.1) is 5.82 Å². The average Bonchev–Trinajstić information content (AvgIpc) is 2.42. The molecule has 1 aromatic carbocycles. The van der Waals surface area contributed by atoms with Gasteiger partial charge in [-0.2, -0.15) is 0 Å². The summed E-state index contributed by atoms with van der Waals surface area (Å²) in [6.45, 7) is 0.292. The van der Waals surface area contributed by atoms with E-state index in [-0.39, 0.29) is 17.1 Å². The van der Waals surface area contributed by atoms with Gasteiger partial charge in [-0.05, 0) is 34.1 Å². The van der Waals surface area contributed by atoms with E-state index in [1.165, 1.54) is 23.7 Å². The van der Waals surface area contributed by atoms with Crippen LogP contribution in [0.4, 0.5) is 10.1 Å². The first-order chi connectivity index (χ1) is 9.40. The molecule has 0 aliphatic heterocycles. The maximum atomic E-state index is 13.1. The summed E-state index contributed by atoms with van der Waals surface area (Å²) < 4.78 is 15.9. The number of rotatable bonds is 3. The minimum Gasteiger partial charge on any atom is -0.379 e. The monoisotopic (exact) mass is 341 g/mol. The molecule has 0 amide bonds. The quantitative estimate of drug-likeness (QED) is 0.922. The Kier molecular flexibility index (Phi) is 4.08. The Hall–Kier alpha value is -1.89. The van der Waals surface area contributed by atoms with E-state index >= 15 is 0 Å². The van der Waals surface area contributed by atoms with Crippen LogP contribution in [0.25, 0.3) is 0 Å². The fourth-order valence-corrected chi connectivity index (χ4v) is 2.13. The molecule has 0 saturated carbocycles. The van der Waals surface area contributed by atoms with Crippen molar-refractivity contribution >= 4 is 21.6 Å². The lowest BCUT2D eigenvalue weighted by Crippen LogP contribution is -2.38. The fourth-order valence-electron chi connectivity index (χ4n) is 1.75. The van der Waals surface area contributed by atoms with Crippen LogP contribution in [-0.4, -0.2) is 9.13 Å². The van der Waals surface area contributed by atoms with Gasteiger partial charge in [-0.15, -0.1) is 0 Å². The molecule has 0 aliphatic carbocycles. The summed E-state index contributed by atoms with van der Waals surface area (Å²) in [5, 5.41) is 3.04. The van der Waals surface area contributed by atoms with Crippen molar-refractivity contribution in [3.05, 3.63) is 61.1 Å². The second-order valence-electron chi connectivity index (χ2n) is 4.36. The van der Waals surface area contributed by atoms with E-state index in [2.05, 4.69) is 21.2 Å². The molecule has 106 valence electrons. The van der Waals surface area contributed by atoms with Gasteiger partial charge >= 0.3 is 5.69 Å². The molecule has 1 N–H and O–H groups in total. The van der Waals surface area contributed by atoms with Crippen LogP contribution < -0.4 is 16.6 Å². The first-order valence-corrected chi connectivity index (χ1v) is 6.64. The Morgan fingerprint density at radius 1 is 1.20 bits per heavy atom. The molecule has 0 saturated heterocycles. The molecule has 0 aliphatic rings. The third-order valence-electron chi connectivity index (χ3n) is 3.02. The number of halogens is 2. The molecule has 0 fully saturated rings. The Bertz CT molecular complexity index is 767. The largest absolute Gasteiger partial charge is 0.379 e. The summed E-state index contributed by atoms with van der Waals surface area (Å²) in [6, 6.07) is 5.90. The van der Waals surface area contributed by atoms with E-state index in [0.717, 1.165) is 4.57 Å². The van der Waals surface area contributed by atoms with Crippen LogP contribution in [0.3, 0.4) is 0 Å². The van der Waals surface area contributed by atoms with Crippen molar-refractivity contribution in [2.45, 2.75) is 6.54 Å². The Morgan fingerprint density at radius 2 is 1.90 bits per heavy atom. The third kappa shape index (κ3) is 2.82. The lowest BCUT2D eigenvalue weighted by Gasteiger charge is -2.11. The van der Waals surface area contributed by atoms with Gasteiger partial charge in [0.05, 0.1) is 11.0 Å². The zero-order valence-electron chi connectivity index (χ0n) is 11.0. The predicted molar refractivity (Wildman–Crippen MR) is 78.4 cm³/mol. The molecular weight excluding hydrogens is 329 g/mol. The fraction of sp³-hybridized carbons (Fsp3) is 0.231. The molecule has 0 bridgehead atoms. The summed E-state index contributed by atoms with van der Waals surface area (Å²) >= 11 is 3.10. The van der Waals surface area contributed by atoms with Gasteiger partial charge in [-0.25, -0.2) is 9.18 Å². The SMILES string of the molecule is Cn1c(CNc2ccc(F)c(Br)c2)cc(=O)n(C)c1=O. The van der Waals surface area contributed by atoms with Crippen molar-refractivity contribution in [2.24, 2.45) is 14.1 Å². The minimum absolute atomic E-state index is 0.292. The van der Waals surface area contributed by atoms with Gasteiger partial charge in [0, 0.05) is 31.5 Å². The molecule has 0 atom stereocenters. The van der Waals surface area contributed by atoms with E-state index in [4.69, 9.17) is 0 Å². The maximum Gasteiger partial charge on any atom is 0.330 e. The lowest BCUT2D eigenvalue weighted by atomic mass is 10.3. The third-order valence-corrected chi connectivity index (χ3v) is 3.63. The average molecular weight is 342 g/mol. The van der Waals surface area contributed by atoms with Gasteiger partial charge in [0.15, 0.2) is 0 Å². The minimum atomic E-state index is -0.380. The number of anilines is 1. The van der Waals surface area contributed by atoms with Crippen LogP contribution in [-0.2, 0) is 20.6 Å². The van der Waals surface area contributed by atoms with Crippen molar-refractivity contribution in [2.75, 3.05) is 5.32 Å². The highest BCUT2D eigenvalue weighted by Crippen LogP contribution is 2.20. The molecule has 0 unspecified atom stereocenters. The zero-order chi connectivity index (χ0) is 14.9. The highest BCUT2D eigenvalue weighted by Gasteiger charge is 2.06. The maximum absolute atomic E-state index is 13.1. The highest BCUT2D eigenvalue weighted by atomic mass is 79.9. The predicted octanol–water partition coefficient (Wildman–Crippen LogP) is 1.60. The number of aromatic nitrogens is 2. The molecule has 5 nitrogen and oxygen atoms in total. The smallest absolute Gasteiger partial charge is 0.330 e. The van der Waals surface area contributed by atoms with Gasteiger partial charge < -0.3 is 5.32 Å². The van der Waals surface area contributed by atoms with E-state index in [0.29, 0.717) is 22.4 Å². The van der Waals surface area contributed by atoms with Crippen LogP contribution in [0.5, 0.6) is 0 Å². The molecule has 20 heavy (non-hydrogen) atoms. The van der Waals surface area contributed by atoms with Gasteiger partial charge in [-0.3, -0.25) is 13.9 Å². The van der Waals surface area contributed by atoms with Crippen molar-refractivity contribution < 1.29 is 4.39 Å². The van der Waals surface area contributed by atoms with Gasteiger partial charge in [0.1, 0.15) is 5.82 Å². The second-order valence-corrected chi connectivity index (χ2v) is 5.21. The molecule has 1 heterocycles. The van der Waals surface area contributed by atoms with Crippen molar-refractivity contribution in [3.63, 3.8) is 0 Å². The van der Waals surface area contributed by atoms with Gasteiger partial charge in [0.25, 0.3) is 5.56 Å². The Balaban J connectivity index is 2.25. The number of hydrogen-bond donors (Lipinski definition) is 1. The molecule has 0 spiro atoms. The molecule has 7 heteroatoms. The summed E-state index contributed by atoms with van der Waals surface area (Å²) in [6.07, 6.45) is 0. The Morgan fingerprint density at radius 3 is 2.55 bits per heavy atom. The molecular formula is C13H13BrFN3O2. The normalized spacial score (nSPS) is 10.6. The van der Waals surface area contributed by atoms with E-state index in [9.17, 15) is 14.0 Å². The summed E-state index contributed by atoms with van der Waals surface area (Å²) in [5.74, 6) is -0.350. The van der Waals surface area contributed by atoms with Crippen LogP contribution in [0.15, 0.2) is 38.3 Å². The lowest BCUT2D eigenvalue weighted by molar-refractivity contribution is 0.621. The highest BCUT2D eigenvalue weighted by molar-refractivity contribution is 9.10. The zero-order valence-corrected chi connectivity index (χ0v) is 12.6. The number of nitrogens with zero attached hydrogens (tertiary/aromatic N) is 2. The van der Waals surface area contributed by atoms with Crippen LogP contribution in [0.1, 0.15) is 5.69 Å². The van der Waals surface area contributed by atoms with Crippen molar-refractivity contribution in [3.8, 4) is 0 Å². The van der Waals surface area contributed by atoms with E-state index in [1.807, 2.05) is 0 Å². The molecule has 2 rings (SSSR count). The first-order valence-electron chi connectivity index (χ1n) is 5.85. The Labute approximate surface area is 122 Å². The molecule has 1 aromatic heterocycles. The molecule has 2 aromatic rings. The molecule has 0 radical (unpaired) electrons. The standard InChI is InChI=1S/C13H13BrFN3O2/c1-17-9(6-12(19)18(2)13(17)20)7-16-8-3-4-11(15)10(14)5-8/h3-6,16H,7H2,1-2H3. The van der Waals surface area contributed by atoms with Gasteiger partial charge in [0.2, 0.25) is 0 Å². The summed E-state index contributed by atoms with van der Waals surface area (Å²) in [4.78, 5) is 23.3. The number of benzene rings is 1. The topological polar surface area (TPSA) is 56.0 Å². The van der Waals surface area contributed by atoms with Gasteiger partial charge in [-0.1, -0.05) is 0 Å². The van der Waals surface area contributed by atoms with Crippen LogP contribution >= 0.6 is 15.9 Å². The summed E-state index contributed by atoms with van der Waals surface area (Å²) in [5.41, 5.74) is 0.504.